The van der Waals surface area contributed by atoms with E-state index in [4.69, 9.17) is 38.9 Å². The summed E-state index contributed by atoms with van der Waals surface area (Å²) >= 11 is 13.7. The van der Waals surface area contributed by atoms with Crippen LogP contribution in [0.1, 0.15) is 13.3 Å². The van der Waals surface area contributed by atoms with Gasteiger partial charge in [0.15, 0.2) is 17.6 Å². The van der Waals surface area contributed by atoms with E-state index in [0.717, 1.165) is 0 Å². The maximum atomic E-state index is 12.3. The number of rotatable bonds is 8. The van der Waals surface area contributed by atoms with Gasteiger partial charge in [-0.05, 0) is 24.3 Å². The highest BCUT2D eigenvalue weighted by atomic mass is 35.5. The largest absolute Gasteiger partial charge is 0.477 e. The highest BCUT2D eigenvalue weighted by Gasteiger charge is 2.17. The van der Waals surface area contributed by atoms with Gasteiger partial charge in [-0.2, -0.15) is 15.2 Å². The fraction of sp³-hybridized carbons (Fsp3) is 0.200. The molecule has 3 aromatic rings. The molecule has 1 aromatic carbocycles. The average Bonchev–Trinajstić information content (AvgIpc) is 2.73. The Morgan fingerprint density at radius 2 is 2.00 bits per heavy atom. The van der Waals surface area contributed by atoms with Crippen molar-refractivity contribution in [3.8, 4) is 23.2 Å². The Morgan fingerprint density at radius 1 is 1.25 bits per heavy atom. The molecular weight excluding hydrogens is 473 g/mol. The molecular formula is C20H17Cl2N7O2S. The average molecular weight is 490 g/mol. The Bertz CT molecular complexity index is 1160. The molecule has 32 heavy (non-hydrogen) atoms. The van der Waals surface area contributed by atoms with Gasteiger partial charge in [0.25, 0.3) is 0 Å². The van der Waals surface area contributed by atoms with Crippen molar-refractivity contribution in [3.05, 3.63) is 46.7 Å². The molecule has 12 heteroatoms. The second-order valence-electron chi connectivity index (χ2n) is 6.43. The van der Waals surface area contributed by atoms with Gasteiger partial charge in [-0.1, -0.05) is 41.9 Å². The number of thioether (sulfide) groups is 1. The summed E-state index contributed by atoms with van der Waals surface area (Å²) in [4.78, 5) is 28.9. The van der Waals surface area contributed by atoms with Crippen molar-refractivity contribution < 1.29 is 9.53 Å². The van der Waals surface area contributed by atoms with E-state index in [1.165, 1.54) is 23.9 Å². The van der Waals surface area contributed by atoms with Crippen molar-refractivity contribution in [2.24, 2.45) is 0 Å². The number of hydrogen-bond acceptors (Lipinski definition) is 9. The molecule has 0 spiro atoms. The van der Waals surface area contributed by atoms with Crippen LogP contribution in [0.4, 0.5) is 11.6 Å². The molecule has 0 saturated carbocycles. The molecule has 0 aliphatic rings. The van der Waals surface area contributed by atoms with Gasteiger partial charge in [-0.25, -0.2) is 4.98 Å². The molecule has 1 atom stereocenters. The standard InChI is InChI=1S/C20H17Cl2N7O2S/c1-11(8-17(30)26-12-2-5-25-6-3-12)32-20-28-18(27-19(24)29-20)13-9-16(31-7-4-23)15(22)10-14(13)21/h2-3,5-6,9-11H,7-8H2,1H3,(H,25,26,30)(H2,24,27,28,29). The molecule has 1 amide bonds. The Hall–Kier alpha value is -3.13. The van der Waals surface area contributed by atoms with E-state index in [1.807, 2.05) is 13.0 Å². The van der Waals surface area contributed by atoms with Gasteiger partial charge in [0.05, 0.1) is 10.0 Å². The summed E-state index contributed by atoms with van der Waals surface area (Å²) in [7, 11) is 0. The molecule has 0 bridgehead atoms. The first-order valence-corrected chi connectivity index (χ1v) is 10.9. The fourth-order valence-corrected chi connectivity index (χ4v) is 4.00. The van der Waals surface area contributed by atoms with Crippen LogP contribution in [0, 0.1) is 11.3 Å². The number of carbonyl (C=O) groups excluding carboxylic acids is 1. The van der Waals surface area contributed by atoms with Crippen LogP contribution in [0.15, 0.2) is 41.8 Å². The first-order chi connectivity index (χ1) is 15.4. The lowest BCUT2D eigenvalue weighted by Crippen LogP contribution is -2.16. The van der Waals surface area contributed by atoms with Crippen LogP contribution in [0.25, 0.3) is 11.4 Å². The summed E-state index contributed by atoms with van der Waals surface area (Å²) in [5.74, 6) is 0.328. The lowest BCUT2D eigenvalue weighted by molar-refractivity contribution is -0.116. The number of anilines is 2. The molecule has 2 heterocycles. The van der Waals surface area contributed by atoms with Gasteiger partial charge in [-0.3, -0.25) is 9.78 Å². The number of hydrogen-bond donors (Lipinski definition) is 2. The summed E-state index contributed by atoms with van der Waals surface area (Å²) in [6.45, 7) is 1.69. The minimum Gasteiger partial charge on any atom is -0.477 e. The third-order valence-corrected chi connectivity index (χ3v) is 5.50. The molecule has 0 aliphatic carbocycles. The molecule has 0 radical (unpaired) electrons. The van der Waals surface area contributed by atoms with E-state index in [-0.39, 0.29) is 51.8 Å². The number of pyridine rings is 1. The lowest BCUT2D eigenvalue weighted by atomic mass is 10.2. The van der Waals surface area contributed by atoms with Gasteiger partial charge in [0, 0.05) is 35.3 Å². The number of nitrogens with one attached hydrogen (secondary N) is 1. The van der Waals surface area contributed by atoms with Crippen LogP contribution in [-0.2, 0) is 4.79 Å². The first kappa shape index (κ1) is 23.5. The number of nitrogen functional groups attached to an aromatic ring is 1. The normalized spacial score (nSPS) is 11.4. The van der Waals surface area contributed by atoms with Gasteiger partial charge in [0.2, 0.25) is 11.9 Å². The zero-order valence-corrected chi connectivity index (χ0v) is 19.1. The van der Waals surface area contributed by atoms with Crippen LogP contribution >= 0.6 is 35.0 Å². The van der Waals surface area contributed by atoms with E-state index < -0.39 is 0 Å². The first-order valence-electron chi connectivity index (χ1n) is 9.23. The minimum absolute atomic E-state index is 0.00329. The smallest absolute Gasteiger partial charge is 0.225 e. The second kappa shape index (κ2) is 10.9. The highest BCUT2D eigenvalue weighted by Crippen LogP contribution is 2.36. The Kier molecular flexibility index (Phi) is 8.05. The lowest BCUT2D eigenvalue weighted by Gasteiger charge is -2.12. The second-order valence-corrected chi connectivity index (χ2v) is 8.65. The number of carbonyl (C=O) groups is 1. The predicted octanol–water partition coefficient (Wildman–Crippen LogP) is 4.23. The van der Waals surface area contributed by atoms with Crippen molar-refractivity contribution >= 4 is 52.5 Å². The third kappa shape index (κ3) is 6.43. The van der Waals surface area contributed by atoms with Crippen LogP contribution in [-0.4, -0.2) is 37.7 Å². The molecule has 0 saturated heterocycles. The SMILES string of the molecule is CC(CC(=O)Nc1ccncc1)Sc1nc(N)nc(-c2cc(OCC#N)c(Cl)cc2Cl)n1. The van der Waals surface area contributed by atoms with Gasteiger partial charge in [0.1, 0.15) is 11.8 Å². The van der Waals surface area contributed by atoms with E-state index in [0.29, 0.717) is 16.4 Å². The molecule has 1 unspecified atom stereocenters. The van der Waals surface area contributed by atoms with Crippen molar-refractivity contribution in [2.45, 2.75) is 23.8 Å². The molecule has 2 aromatic heterocycles. The number of nitrogens with zero attached hydrogens (tertiary/aromatic N) is 5. The van der Waals surface area contributed by atoms with Gasteiger partial charge >= 0.3 is 0 Å². The summed E-state index contributed by atoms with van der Waals surface area (Å²) in [6.07, 6.45) is 3.42. The number of aromatic nitrogens is 4. The van der Waals surface area contributed by atoms with Crippen molar-refractivity contribution in [1.29, 1.82) is 5.26 Å². The maximum Gasteiger partial charge on any atom is 0.225 e. The number of amides is 1. The Labute approximate surface area is 198 Å². The summed E-state index contributed by atoms with van der Waals surface area (Å²) < 4.78 is 5.31. The van der Waals surface area contributed by atoms with Crippen molar-refractivity contribution in [3.63, 3.8) is 0 Å². The Balaban J connectivity index is 1.76. The summed E-state index contributed by atoms with van der Waals surface area (Å²) in [6, 6.07) is 8.30. The predicted molar refractivity (Wildman–Crippen MR) is 124 cm³/mol. The fourth-order valence-electron chi connectivity index (χ4n) is 2.60. The number of ether oxygens (including phenoxy) is 1. The maximum absolute atomic E-state index is 12.3. The molecule has 3 N–H and O–H groups in total. The van der Waals surface area contributed by atoms with Crippen molar-refractivity contribution in [1.82, 2.24) is 19.9 Å². The summed E-state index contributed by atoms with van der Waals surface area (Å²) in [5.41, 5.74) is 6.96. The van der Waals surface area contributed by atoms with E-state index in [2.05, 4.69) is 25.3 Å². The van der Waals surface area contributed by atoms with Crippen LogP contribution < -0.4 is 15.8 Å². The summed E-state index contributed by atoms with van der Waals surface area (Å²) in [5, 5.41) is 12.3. The molecule has 164 valence electrons. The van der Waals surface area contributed by atoms with Crippen LogP contribution in [0.3, 0.4) is 0 Å². The Morgan fingerprint density at radius 3 is 2.72 bits per heavy atom. The number of nitrogens with two attached hydrogens (primary N) is 1. The quantitative estimate of drug-likeness (QED) is 0.444. The molecule has 3 rings (SSSR count). The zero-order valence-electron chi connectivity index (χ0n) is 16.7. The number of nitriles is 1. The third-order valence-electron chi connectivity index (χ3n) is 3.93. The van der Waals surface area contributed by atoms with Crippen LogP contribution in [0.2, 0.25) is 10.0 Å². The molecule has 0 fully saturated rings. The van der Waals surface area contributed by atoms with Crippen LogP contribution in [0.5, 0.6) is 5.75 Å². The number of benzene rings is 1. The molecule has 9 nitrogen and oxygen atoms in total. The molecule has 0 aliphatic heterocycles. The topological polar surface area (TPSA) is 140 Å². The van der Waals surface area contributed by atoms with E-state index in [1.54, 1.807) is 24.5 Å². The highest BCUT2D eigenvalue weighted by molar-refractivity contribution is 7.99. The zero-order chi connectivity index (χ0) is 23.1. The number of halogens is 2. The van der Waals surface area contributed by atoms with E-state index in [9.17, 15) is 4.79 Å². The van der Waals surface area contributed by atoms with Gasteiger partial charge in [-0.15, -0.1) is 0 Å². The minimum atomic E-state index is -0.180. The van der Waals surface area contributed by atoms with Crippen molar-refractivity contribution in [2.75, 3.05) is 17.7 Å². The monoisotopic (exact) mass is 489 g/mol. The van der Waals surface area contributed by atoms with E-state index >= 15 is 0 Å². The van der Waals surface area contributed by atoms with Gasteiger partial charge < -0.3 is 15.8 Å².